The molecule has 15 heavy (non-hydrogen) atoms. The normalized spacial score (nSPS) is 13.1. The molecule has 0 aliphatic heterocycles. The molecule has 0 spiro atoms. The van der Waals surface area contributed by atoms with E-state index in [0.717, 1.165) is 12.1 Å². The summed E-state index contributed by atoms with van der Waals surface area (Å²) in [4.78, 5) is 0. The Hall–Kier alpha value is -0.860. The lowest BCUT2D eigenvalue weighted by Crippen LogP contribution is -2.30. The van der Waals surface area contributed by atoms with Gasteiger partial charge in [-0.3, -0.25) is 0 Å². The van der Waals surface area contributed by atoms with E-state index >= 15 is 0 Å². The highest BCUT2D eigenvalue weighted by Gasteiger charge is 2.05. The smallest absolute Gasteiger partial charge is 0.0681 e. The van der Waals surface area contributed by atoms with E-state index in [1.165, 1.54) is 5.56 Å². The van der Waals surface area contributed by atoms with Crippen LogP contribution >= 0.6 is 0 Å². The number of benzene rings is 1. The van der Waals surface area contributed by atoms with Crippen molar-refractivity contribution in [3.05, 3.63) is 35.4 Å². The van der Waals surface area contributed by atoms with Gasteiger partial charge in [-0.2, -0.15) is 0 Å². The minimum Gasteiger partial charge on any atom is -0.392 e. The average Bonchev–Trinajstić information content (AvgIpc) is 2.26. The number of aliphatic hydroxyl groups is 1. The van der Waals surface area contributed by atoms with Gasteiger partial charge < -0.3 is 10.4 Å². The first kappa shape index (κ1) is 12.2. The Balaban J connectivity index is 2.50. The highest BCUT2D eigenvalue weighted by Crippen LogP contribution is 2.07. The first-order valence-electron chi connectivity index (χ1n) is 5.55. The van der Waals surface area contributed by atoms with Crippen molar-refractivity contribution in [2.24, 2.45) is 5.92 Å². The van der Waals surface area contributed by atoms with Crippen molar-refractivity contribution >= 4 is 0 Å². The molecule has 0 amide bonds. The van der Waals surface area contributed by atoms with E-state index in [1.807, 2.05) is 18.2 Å². The van der Waals surface area contributed by atoms with Crippen molar-refractivity contribution in [3.63, 3.8) is 0 Å². The van der Waals surface area contributed by atoms with E-state index in [4.69, 9.17) is 5.11 Å². The van der Waals surface area contributed by atoms with E-state index in [1.54, 1.807) is 0 Å². The Kier molecular flexibility index (Phi) is 4.79. The number of aliphatic hydroxyl groups excluding tert-OH is 1. The molecule has 1 unspecified atom stereocenters. The summed E-state index contributed by atoms with van der Waals surface area (Å²) in [7, 11) is 0. The molecule has 0 heterocycles. The van der Waals surface area contributed by atoms with Crippen LogP contribution < -0.4 is 5.32 Å². The lowest BCUT2D eigenvalue weighted by molar-refractivity contribution is 0.281. The van der Waals surface area contributed by atoms with Crippen LogP contribution in [0, 0.1) is 5.92 Å². The molecule has 0 aromatic heterocycles. The second kappa shape index (κ2) is 5.89. The number of nitrogens with one attached hydrogen (secondary N) is 1. The average molecular weight is 207 g/mol. The van der Waals surface area contributed by atoms with Crippen molar-refractivity contribution in [2.75, 3.05) is 0 Å². The zero-order valence-electron chi connectivity index (χ0n) is 9.83. The molecule has 0 bridgehead atoms. The first-order valence-corrected chi connectivity index (χ1v) is 5.55. The van der Waals surface area contributed by atoms with Crippen LogP contribution in [0.5, 0.6) is 0 Å². The third kappa shape index (κ3) is 4.02. The minimum absolute atomic E-state index is 0.119. The molecule has 1 aromatic rings. The van der Waals surface area contributed by atoms with Gasteiger partial charge in [0.2, 0.25) is 0 Å². The predicted octanol–water partition coefficient (Wildman–Crippen LogP) is 2.31. The molecule has 2 N–H and O–H groups in total. The molecule has 0 saturated heterocycles. The maximum absolute atomic E-state index is 9.01. The van der Waals surface area contributed by atoms with Crippen LogP contribution in [0.4, 0.5) is 0 Å². The molecular weight excluding hydrogens is 186 g/mol. The van der Waals surface area contributed by atoms with Crippen LogP contribution in [-0.4, -0.2) is 11.1 Å². The SMILES string of the molecule is CC(C)C(C)NCc1cccc(CO)c1. The summed E-state index contributed by atoms with van der Waals surface area (Å²) < 4.78 is 0. The quantitative estimate of drug-likeness (QED) is 0.776. The van der Waals surface area contributed by atoms with Gasteiger partial charge in [0.25, 0.3) is 0 Å². The Labute approximate surface area is 92.3 Å². The van der Waals surface area contributed by atoms with Gasteiger partial charge in [-0.1, -0.05) is 38.1 Å². The molecule has 0 aliphatic rings. The van der Waals surface area contributed by atoms with Gasteiger partial charge in [0, 0.05) is 12.6 Å². The van der Waals surface area contributed by atoms with E-state index in [0.29, 0.717) is 12.0 Å². The minimum atomic E-state index is 0.119. The maximum Gasteiger partial charge on any atom is 0.0681 e. The van der Waals surface area contributed by atoms with Gasteiger partial charge in [-0.15, -0.1) is 0 Å². The number of rotatable bonds is 5. The first-order chi connectivity index (χ1) is 7.13. The van der Waals surface area contributed by atoms with Crippen molar-refractivity contribution in [1.29, 1.82) is 0 Å². The van der Waals surface area contributed by atoms with Gasteiger partial charge in [-0.05, 0) is 24.0 Å². The molecule has 2 nitrogen and oxygen atoms in total. The second-order valence-corrected chi connectivity index (χ2v) is 4.39. The molecule has 1 atom stereocenters. The molecular formula is C13H21NO. The fourth-order valence-corrected chi connectivity index (χ4v) is 1.35. The molecule has 0 saturated carbocycles. The zero-order valence-corrected chi connectivity index (χ0v) is 9.83. The lowest BCUT2D eigenvalue weighted by atomic mass is 10.1. The van der Waals surface area contributed by atoms with Crippen LogP contribution in [0.1, 0.15) is 31.9 Å². The summed E-state index contributed by atoms with van der Waals surface area (Å²) in [6, 6.07) is 8.57. The Bertz CT molecular complexity index is 296. The predicted molar refractivity (Wildman–Crippen MR) is 63.5 cm³/mol. The van der Waals surface area contributed by atoms with Crippen LogP contribution in [0.2, 0.25) is 0 Å². The topological polar surface area (TPSA) is 32.3 Å². The van der Waals surface area contributed by atoms with Gasteiger partial charge >= 0.3 is 0 Å². The van der Waals surface area contributed by atoms with E-state index in [2.05, 4.69) is 32.2 Å². The van der Waals surface area contributed by atoms with Crippen LogP contribution in [0.3, 0.4) is 0 Å². The Morgan fingerprint density at radius 1 is 1.20 bits per heavy atom. The van der Waals surface area contributed by atoms with Gasteiger partial charge in [0.15, 0.2) is 0 Å². The van der Waals surface area contributed by atoms with E-state index in [-0.39, 0.29) is 6.61 Å². The van der Waals surface area contributed by atoms with Crippen LogP contribution in [0.25, 0.3) is 0 Å². The zero-order chi connectivity index (χ0) is 11.3. The van der Waals surface area contributed by atoms with Crippen molar-refractivity contribution in [1.82, 2.24) is 5.32 Å². The van der Waals surface area contributed by atoms with E-state index < -0.39 is 0 Å². The molecule has 2 heteroatoms. The Morgan fingerprint density at radius 2 is 1.87 bits per heavy atom. The van der Waals surface area contributed by atoms with Crippen LogP contribution in [-0.2, 0) is 13.2 Å². The monoisotopic (exact) mass is 207 g/mol. The lowest BCUT2D eigenvalue weighted by Gasteiger charge is -2.17. The molecule has 0 radical (unpaired) electrons. The fourth-order valence-electron chi connectivity index (χ4n) is 1.35. The highest BCUT2D eigenvalue weighted by atomic mass is 16.3. The summed E-state index contributed by atoms with van der Waals surface area (Å²) in [5, 5.41) is 12.5. The third-order valence-electron chi connectivity index (χ3n) is 2.80. The van der Waals surface area contributed by atoms with Crippen molar-refractivity contribution < 1.29 is 5.11 Å². The fraction of sp³-hybridized carbons (Fsp3) is 0.538. The number of hydrogen-bond acceptors (Lipinski definition) is 2. The van der Waals surface area contributed by atoms with E-state index in [9.17, 15) is 0 Å². The summed E-state index contributed by atoms with van der Waals surface area (Å²) in [5.74, 6) is 0.644. The summed E-state index contributed by atoms with van der Waals surface area (Å²) in [6.07, 6.45) is 0. The molecule has 84 valence electrons. The van der Waals surface area contributed by atoms with Gasteiger partial charge in [-0.25, -0.2) is 0 Å². The molecule has 1 rings (SSSR count). The largest absolute Gasteiger partial charge is 0.392 e. The van der Waals surface area contributed by atoms with Gasteiger partial charge in [0.05, 0.1) is 6.61 Å². The second-order valence-electron chi connectivity index (χ2n) is 4.39. The molecule has 0 aliphatic carbocycles. The highest BCUT2D eigenvalue weighted by molar-refractivity contribution is 5.22. The summed E-state index contributed by atoms with van der Waals surface area (Å²) >= 11 is 0. The van der Waals surface area contributed by atoms with Crippen molar-refractivity contribution in [2.45, 2.75) is 40.0 Å². The molecule has 1 aromatic carbocycles. The maximum atomic E-state index is 9.01. The Morgan fingerprint density at radius 3 is 2.47 bits per heavy atom. The standard InChI is InChI=1S/C13H21NO/c1-10(2)11(3)14-8-12-5-4-6-13(7-12)9-15/h4-7,10-11,14-15H,8-9H2,1-3H3. The summed E-state index contributed by atoms with van der Waals surface area (Å²) in [5.41, 5.74) is 2.21. The number of hydrogen-bond donors (Lipinski definition) is 2. The van der Waals surface area contributed by atoms with Gasteiger partial charge in [0.1, 0.15) is 0 Å². The third-order valence-corrected chi connectivity index (χ3v) is 2.80. The van der Waals surface area contributed by atoms with Crippen molar-refractivity contribution in [3.8, 4) is 0 Å². The summed E-state index contributed by atoms with van der Waals surface area (Å²) in [6.45, 7) is 7.60. The molecule has 0 fully saturated rings. The van der Waals surface area contributed by atoms with Crippen LogP contribution in [0.15, 0.2) is 24.3 Å².